The minimum Gasteiger partial charge on any atom is -0.406 e. The summed E-state index contributed by atoms with van der Waals surface area (Å²) in [6.07, 6.45) is 4.49. The summed E-state index contributed by atoms with van der Waals surface area (Å²) < 4.78 is 47.1. The molecule has 14 heteroatoms. The lowest BCUT2D eigenvalue weighted by Crippen LogP contribution is -2.57. The Balaban J connectivity index is 1.03. The van der Waals surface area contributed by atoms with Gasteiger partial charge >= 0.3 is 6.36 Å². The summed E-state index contributed by atoms with van der Waals surface area (Å²) in [7, 11) is 1.96. The maximum absolute atomic E-state index is 13.8. The molecule has 0 saturated carbocycles. The predicted octanol–water partition coefficient (Wildman–Crippen LogP) is 8.22. The zero-order valence-electron chi connectivity index (χ0n) is 31.6. The number of halogens is 5. The van der Waals surface area contributed by atoms with E-state index in [1.165, 1.54) is 12.1 Å². The zero-order chi connectivity index (χ0) is 39.3. The Morgan fingerprint density at radius 3 is 2.30 bits per heavy atom. The number of nitrogens with one attached hydrogen (secondary N) is 2. The number of imidazole rings is 1. The molecule has 0 radical (unpaired) electrons. The summed E-state index contributed by atoms with van der Waals surface area (Å²) >= 11 is 12.9. The Labute approximate surface area is 335 Å². The molecule has 2 aliphatic rings. The topological polar surface area (TPSA) is 79.6 Å². The number of aryl methyl sites for hydroxylation is 2. The third-order valence-electron chi connectivity index (χ3n) is 11.2. The Hall–Kier alpha value is -3.91. The van der Waals surface area contributed by atoms with Gasteiger partial charge in [-0.2, -0.15) is 0 Å². The molecular formula is C42H48Cl2F3N7O2. The maximum Gasteiger partial charge on any atom is 0.573 e. The highest BCUT2D eigenvalue weighted by molar-refractivity contribution is 6.36. The molecule has 2 N–H and O–H groups in total. The Bertz CT molecular complexity index is 2080. The number of piperidine rings is 1. The van der Waals surface area contributed by atoms with Gasteiger partial charge in [-0.15, -0.1) is 13.2 Å². The van der Waals surface area contributed by atoms with Crippen LogP contribution in [0.15, 0.2) is 79.3 Å². The lowest BCUT2D eigenvalue weighted by atomic mass is 9.82. The van der Waals surface area contributed by atoms with Crippen LogP contribution in [0.3, 0.4) is 0 Å². The van der Waals surface area contributed by atoms with Crippen molar-refractivity contribution in [3.63, 3.8) is 0 Å². The molecule has 56 heavy (non-hydrogen) atoms. The average Bonchev–Trinajstić information content (AvgIpc) is 3.77. The molecule has 0 atom stereocenters. The molecule has 2 fully saturated rings. The largest absolute Gasteiger partial charge is 0.573 e. The summed E-state index contributed by atoms with van der Waals surface area (Å²) in [5.74, 6) is 0.882. The molecular weight excluding hydrogens is 762 g/mol. The Morgan fingerprint density at radius 2 is 1.64 bits per heavy atom. The summed E-state index contributed by atoms with van der Waals surface area (Å²) in [6.45, 7) is 7.85. The molecule has 5 aromatic rings. The fourth-order valence-electron chi connectivity index (χ4n) is 7.99. The highest BCUT2D eigenvalue weighted by atomic mass is 35.5. The quantitative estimate of drug-likeness (QED) is 0.103. The third kappa shape index (κ3) is 9.78. The van der Waals surface area contributed by atoms with Crippen LogP contribution in [0.5, 0.6) is 5.75 Å². The zero-order valence-corrected chi connectivity index (χ0v) is 33.1. The van der Waals surface area contributed by atoms with Gasteiger partial charge in [0.25, 0.3) is 0 Å². The number of piperazine rings is 1. The van der Waals surface area contributed by atoms with Crippen molar-refractivity contribution in [1.82, 2.24) is 34.6 Å². The first-order valence-corrected chi connectivity index (χ1v) is 20.0. The van der Waals surface area contributed by atoms with Crippen molar-refractivity contribution in [3.05, 3.63) is 106 Å². The van der Waals surface area contributed by atoms with Gasteiger partial charge in [0.1, 0.15) is 11.6 Å². The number of alkyl halides is 3. The number of rotatable bonds is 15. The van der Waals surface area contributed by atoms with Crippen molar-refractivity contribution in [2.24, 2.45) is 7.05 Å². The van der Waals surface area contributed by atoms with Gasteiger partial charge in [-0.05, 0) is 86.3 Å². The second-order valence-electron chi connectivity index (χ2n) is 14.9. The van der Waals surface area contributed by atoms with Crippen molar-refractivity contribution >= 4 is 39.9 Å². The second kappa shape index (κ2) is 17.7. The van der Waals surface area contributed by atoms with Gasteiger partial charge in [0.05, 0.1) is 12.1 Å². The maximum atomic E-state index is 13.8. The smallest absolute Gasteiger partial charge is 0.406 e. The van der Waals surface area contributed by atoms with E-state index in [2.05, 4.69) is 59.1 Å². The van der Waals surface area contributed by atoms with Crippen molar-refractivity contribution in [2.45, 2.75) is 70.2 Å². The molecule has 2 aromatic heterocycles. The first kappa shape index (κ1) is 40.3. The highest BCUT2D eigenvalue weighted by Gasteiger charge is 2.38. The molecule has 2 saturated heterocycles. The van der Waals surface area contributed by atoms with Crippen molar-refractivity contribution in [1.29, 1.82) is 0 Å². The molecule has 0 aliphatic carbocycles. The summed E-state index contributed by atoms with van der Waals surface area (Å²) in [6, 6.07) is 18.2. The predicted molar refractivity (Wildman–Crippen MR) is 215 cm³/mol. The Morgan fingerprint density at radius 1 is 0.946 bits per heavy atom. The number of Topliss-reactive ketones (excluding diaryl/α,β-unsaturated/α-hetero) is 1. The molecule has 4 heterocycles. The summed E-state index contributed by atoms with van der Waals surface area (Å²) in [5, 5.41) is 9.37. The highest BCUT2D eigenvalue weighted by Crippen LogP contribution is 2.35. The molecule has 0 bridgehead atoms. The van der Waals surface area contributed by atoms with E-state index in [0.717, 1.165) is 110 Å². The van der Waals surface area contributed by atoms with Crippen LogP contribution in [0.25, 0.3) is 22.0 Å². The number of nitrogens with zero attached hydrogens (tertiary/aromatic N) is 5. The number of unbranched alkanes of at least 4 members (excludes halogenated alkanes) is 1. The summed E-state index contributed by atoms with van der Waals surface area (Å²) in [5.41, 5.74) is 4.32. The number of hydrogen-bond donors (Lipinski definition) is 2. The van der Waals surface area contributed by atoms with Crippen LogP contribution >= 0.6 is 23.2 Å². The van der Waals surface area contributed by atoms with Gasteiger partial charge in [0.2, 0.25) is 0 Å². The normalized spacial score (nSPS) is 16.8. The van der Waals surface area contributed by atoms with Crippen LogP contribution in [0.4, 0.5) is 13.2 Å². The van der Waals surface area contributed by atoms with Gasteiger partial charge in [-0.25, -0.2) is 4.98 Å². The number of carbonyl (C=O) groups excluding carboxylic acids is 1. The number of hydrogen-bond acceptors (Lipinski definition) is 7. The minimum absolute atomic E-state index is 0.241. The number of ether oxygens (including phenoxy) is 1. The van der Waals surface area contributed by atoms with E-state index in [9.17, 15) is 18.0 Å². The first-order valence-electron chi connectivity index (χ1n) is 19.3. The second-order valence-corrected chi connectivity index (χ2v) is 15.7. The fraction of sp³-hybridized carbons (Fsp3) is 0.429. The lowest BCUT2D eigenvalue weighted by Gasteiger charge is -2.37. The van der Waals surface area contributed by atoms with Crippen LogP contribution < -0.4 is 15.4 Å². The first-order chi connectivity index (χ1) is 27.0. The van der Waals surface area contributed by atoms with Gasteiger partial charge < -0.3 is 19.2 Å². The van der Waals surface area contributed by atoms with E-state index in [0.29, 0.717) is 36.1 Å². The molecule has 9 nitrogen and oxygen atoms in total. The van der Waals surface area contributed by atoms with E-state index in [-0.39, 0.29) is 11.5 Å². The van der Waals surface area contributed by atoms with Gasteiger partial charge in [-0.1, -0.05) is 47.5 Å². The monoisotopic (exact) mass is 809 g/mol. The van der Waals surface area contributed by atoms with E-state index in [4.69, 9.17) is 23.2 Å². The molecule has 3 aromatic carbocycles. The van der Waals surface area contributed by atoms with E-state index in [1.807, 2.05) is 36.0 Å². The number of ketones is 1. The number of fused-ring (bicyclic) bond motifs is 1. The van der Waals surface area contributed by atoms with Gasteiger partial charge in [-0.3, -0.25) is 19.9 Å². The SMILES string of the molecule is Cn1ccnc1CNC1(C(=O)CCCCn2cc(-c3ccc(OC(F)(F)F)cc3)c3cc(CN4CCN(Cc5c(Cl)cccc5Cl)CC4)ccc32)CCNCC1. The molecule has 2 aliphatic heterocycles. The molecule has 7 rings (SSSR count). The van der Waals surface area contributed by atoms with Crippen LogP contribution in [0.2, 0.25) is 10.0 Å². The van der Waals surface area contributed by atoms with Crippen LogP contribution in [0, 0.1) is 0 Å². The summed E-state index contributed by atoms with van der Waals surface area (Å²) in [4.78, 5) is 23.0. The Kier molecular flexibility index (Phi) is 12.7. The van der Waals surface area contributed by atoms with E-state index >= 15 is 0 Å². The van der Waals surface area contributed by atoms with Gasteiger partial charge in [0.15, 0.2) is 5.78 Å². The molecule has 0 amide bonds. The van der Waals surface area contributed by atoms with Crippen molar-refractivity contribution < 1.29 is 22.7 Å². The van der Waals surface area contributed by atoms with Crippen LogP contribution in [0.1, 0.15) is 49.1 Å². The van der Waals surface area contributed by atoms with E-state index in [1.54, 1.807) is 18.3 Å². The third-order valence-corrected chi connectivity index (χ3v) is 11.9. The van der Waals surface area contributed by atoms with E-state index < -0.39 is 11.9 Å². The van der Waals surface area contributed by atoms with Crippen LogP contribution in [-0.4, -0.2) is 80.9 Å². The molecule has 298 valence electrons. The minimum atomic E-state index is -4.76. The lowest BCUT2D eigenvalue weighted by molar-refractivity contribution is -0.274. The van der Waals surface area contributed by atoms with Crippen molar-refractivity contribution in [2.75, 3.05) is 39.3 Å². The van der Waals surface area contributed by atoms with Crippen molar-refractivity contribution in [3.8, 4) is 16.9 Å². The number of aromatic nitrogens is 3. The number of benzene rings is 3. The fourth-order valence-corrected chi connectivity index (χ4v) is 8.51. The van der Waals surface area contributed by atoms with Crippen LogP contribution in [-0.2, 0) is 38.0 Å². The standard InChI is InChI=1S/C42H48Cl2F3N7O2/c1-51-20-18-49-40(51)26-50-41(14-16-48-17-15-41)39(55)7-2-3-19-54-29-34(31-9-11-32(12-10-31)56-42(45,46)47)33-25-30(8-13-38(33)54)27-52-21-23-53(24-22-52)28-35-36(43)5-4-6-37(35)44/h4-6,8-13,18,20,25,29,48,50H,2-3,7,14-17,19,21-24,26-28H2,1H3. The number of carbonyl (C=O) groups is 1. The molecule has 0 unspecified atom stereocenters. The molecule has 0 spiro atoms. The van der Waals surface area contributed by atoms with Gasteiger partial charge in [0, 0.05) is 110 Å². The average molecular weight is 811 g/mol.